The van der Waals surface area contributed by atoms with Gasteiger partial charge in [-0.2, -0.15) is 8.42 Å². The van der Waals surface area contributed by atoms with Crippen molar-refractivity contribution in [3.05, 3.63) is 0 Å². The Balaban J connectivity index is 3.52. The number of rotatable bonds is 14. The van der Waals surface area contributed by atoms with Crippen molar-refractivity contribution in [2.24, 2.45) is 5.92 Å². The molecule has 0 heterocycles. The molecule has 0 amide bonds. The highest BCUT2D eigenvalue weighted by Gasteiger charge is 2.24. The van der Waals surface area contributed by atoms with E-state index in [9.17, 15) is 13.2 Å². The Labute approximate surface area is 141 Å². The molecule has 5 nitrogen and oxygen atoms in total. The van der Waals surface area contributed by atoms with Crippen LogP contribution >= 0.6 is 0 Å². The monoisotopic (exact) mass is 350 g/mol. The maximum Gasteiger partial charge on any atom is 0.307 e. The van der Waals surface area contributed by atoms with Crippen molar-refractivity contribution in [2.45, 2.75) is 96.8 Å². The molecular formula is C17H34O5S. The third kappa shape index (κ3) is 13.5. The Morgan fingerprint density at radius 1 is 0.957 bits per heavy atom. The molecule has 0 fully saturated rings. The van der Waals surface area contributed by atoms with Crippen molar-refractivity contribution >= 4 is 16.1 Å². The van der Waals surface area contributed by atoms with Gasteiger partial charge in [0.15, 0.2) is 0 Å². The van der Waals surface area contributed by atoms with Crippen LogP contribution < -0.4 is 0 Å². The van der Waals surface area contributed by atoms with Crippen molar-refractivity contribution < 1.29 is 22.5 Å². The topological polar surface area (TPSA) is 80.7 Å². The van der Waals surface area contributed by atoms with Gasteiger partial charge in [-0.3, -0.25) is 9.35 Å². The van der Waals surface area contributed by atoms with E-state index in [1.165, 1.54) is 38.5 Å². The summed E-state index contributed by atoms with van der Waals surface area (Å²) in [6.45, 7) is 6.06. The summed E-state index contributed by atoms with van der Waals surface area (Å²) in [7, 11) is -4.31. The molecule has 0 aliphatic carbocycles. The number of carbonyl (C=O) groups excluding carboxylic acids is 1. The minimum absolute atomic E-state index is 0.0569. The van der Waals surface area contributed by atoms with Crippen molar-refractivity contribution in [3.63, 3.8) is 0 Å². The first kappa shape index (κ1) is 22.4. The molecule has 1 unspecified atom stereocenters. The van der Waals surface area contributed by atoms with Crippen LogP contribution in [0, 0.1) is 5.92 Å². The van der Waals surface area contributed by atoms with E-state index in [0.29, 0.717) is 6.42 Å². The van der Waals surface area contributed by atoms with Gasteiger partial charge in [0.25, 0.3) is 0 Å². The SMILES string of the molecule is CCC(OC(=O)CCCCCCCCCCC(C)C)S(=O)(=O)O. The van der Waals surface area contributed by atoms with Crippen LogP contribution in [-0.2, 0) is 19.6 Å². The molecule has 0 radical (unpaired) electrons. The molecule has 23 heavy (non-hydrogen) atoms. The third-order valence-electron chi connectivity index (χ3n) is 3.84. The third-order valence-corrected chi connectivity index (χ3v) is 4.93. The molecule has 0 aromatic heterocycles. The molecule has 0 aliphatic rings. The molecular weight excluding hydrogens is 316 g/mol. The second-order valence-electron chi connectivity index (χ2n) is 6.60. The first-order valence-corrected chi connectivity index (χ1v) is 10.4. The summed E-state index contributed by atoms with van der Waals surface area (Å²) >= 11 is 0. The first-order chi connectivity index (χ1) is 10.8. The molecule has 0 aromatic rings. The van der Waals surface area contributed by atoms with Gasteiger partial charge in [-0.1, -0.05) is 72.1 Å². The van der Waals surface area contributed by atoms with Crippen LogP contribution in [0.5, 0.6) is 0 Å². The lowest BCUT2D eigenvalue weighted by Gasteiger charge is -2.12. The van der Waals surface area contributed by atoms with E-state index >= 15 is 0 Å². The predicted octanol–water partition coefficient (Wildman–Crippen LogP) is 4.71. The van der Waals surface area contributed by atoms with Crippen LogP contribution in [-0.4, -0.2) is 24.4 Å². The summed E-state index contributed by atoms with van der Waals surface area (Å²) in [5.74, 6) is 0.242. The Kier molecular flexibility index (Phi) is 12.4. The van der Waals surface area contributed by atoms with Gasteiger partial charge in [0.1, 0.15) is 0 Å². The largest absolute Gasteiger partial charge is 0.443 e. The zero-order chi connectivity index (χ0) is 17.7. The zero-order valence-electron chi connectivity index (χ0n) is 14.9. The van der Waals surface area contributed by atoms with Crippen LogP contribution in [0.1, 0.15) is 91.4 Å². The fourth-order valence-corrected chi connectivity index (χ4v) is 3.09. The van der Waals surface area contributed by atoms with Crippen molar-refractivity contribution in [1.29, 1.82) is 0 Å². The Bertz CT molecular complexity index is 403. The number of ether oxygens (including phenoxy) is 1. The van der Waals surface area contributed by atoms with Crippen LogP contribution in [0.2, 0.25) is 0 Å². The van der Waals surface area contributed by atoms with E-state index < -0.39 is 21.5 Å². The minimum atomic E-state index is -4.31. The molecule has 138 valence electrons. The molecule has 1 N–H and O–H groups in total. The predicted molar refractivity (Wildman–Crippen MR) is 92.7 cm³/mol. The number of esters is 1. The molecule has 0 rings (SSSR count). The highest BCUT2D eigenvalue weighted by molar-refractivity contribution is 7.86. The number of unbranched alkanes of at least 4 members (excludes halogenated alkanes) is 7. The molecule has 1 atom stereocenters. The Morgan fingerprint density at radius 2 is 1.43 bits per heavy atom. The first-order valence-electron chi connectivity index (χ1n) is 8.93. The van der Waals surface area contributed by atoms with Crippen molar-refractivity contribution in [3.8, 4) is 0 Å². The zero-order valence-corrected chi connectivity index (χ0v) is 15.7. The van der Waals surface area contributed by atoms with Gasteiger partial charge in [-0.15, -0.1) is 0 Å². The summed E-state index contributed by atoms with van der Waals surface area (Å²) in [6, 6.07) is 0. The Hall–Kier alpha value is -0.620. The van der Waals surface area contributed by atoms with Crippen molar-refractivity contribution in [2.75, 3.05) is 0 Å². The van der Waals surface area contributed by atoms with Crippen LogP contribution in [0.4, 0.5) is 0 Å². The number of carbonyl (C=O) groups is 1. The maximum atomic E-state index is 11.5. The Morgan fingerprint density at radius 3 is 1.87 bits per heavy atom. The lowest BCUT2D eigenvalue weighted by atomic mass is 10.0. The average Bonchev–Trinajstić information content (AvgIpc) is 2.45. The molecule has 0 saturated carbocycles. The van der Waals surface area contributed by atoms with E-state index in [4.69, 9.17) is 9.29 Å². The number of hydrogen-bond donors (Lipinski definition) is 1. The molecule has 0 bridgehead atoms. The summed E-state index contributed by atoms with van der Waals surface area (Å²) in [5, 5.41) is 0. The molecule has 0 aromatic carbocycles. The van der Waals surface area contributed by atoms with Gasteiger partial charge in [-0.25, -0.2) is 0 Å². The fourth-order valence-electron chi connectivity index (χ4n) is 2.44. The van der Waals surface area contributed by atoms with E-state index in [1.54, 1.807) is 6.92 Å². The standard InChI is InChI=1S/C17H34O5S/c1-4-17(23(19,20)21)22-16(18)14-12-10-8-6-5-7-9-11-13-15(2)3/h15,17H,4-14H2,1-3H3,(H,19,20,21). The second-order valence-corrected chi connectivity index (χ2v) is 8.16. The highest BCUT2D eigenvalue weighted by Crippen LogP contribution is 2.14. The van der Waals surface area contributed by atoms with Gasteiger partial charge < -0.3 is 4.74 Å². The molecule has 0 aliphatic heterocycles. The summed E-state index contributed by atoms with van der Waals surface area (Å²) in [6.07, 6.45) is 10.6. The van der Waals surface area contributed by atoms with Gasteiger partial charge in [0, 0.05) is 6.42 Å². The molecule has 0 spiro atoms. The van der Waals surface area contributed by atoms with E-state index in [1.807, 2.05) is 0 Å². The average molecular weight is 351 g/mol. The molecule has 6 heteroatoms. The smallest absolute Gasteiger partial charge is 0.307 e. The highest BCUT2D eigenvalue weighted by atomic mass is 32.2. The lowest BCUT2D eigenvalue weighted by molar-refractivity contribution is -0.146. The van der Waals surface area contributed by atoms with Crippen LogP contribution in [0.15, 0.2) is 0 Å². The van der Waals surface area contributed by atoms with Crippen LogP contribution in [0.3, 0.4) is 0 Å². The quantitative estimate of drug-likeness (QED) is 0.279. The van der Waals surface area contributed by atoms with Gasteiger partial charge >= 0.3 is 16.1 Å². The van der Waals surface area contributed by atoms with Gasteiger partial charge in [0.2, 0.25) is 5.44 Å². The van der Waals surface area contributed by atoms with Gasteiger partial charge in [0.05, 0.1) is 0 Å². The van der Waals surface area contributed by atoms with E-state index in [0.717, 1.165) is 18.8 Å². The second kappa shape index (κ2) is 12.8. The summed E-state index contributed by atoms with van der Waals surface area (Å²) in [5.41, 5.74) is -1.43. The van der Waals surface area contributed by atoms with E-state index in [-0.39, 0.29) is 12.8 Å². The fraction of sp³-hybridized carbons (Fsp3) is 0.941. The lowest BCUT2D eigenvalue weighted by Crippen LogP contribution is -2.26. The number of hydrogen-bond acceptors (Lipinski definition) is 4. The van der Waals surface area contributed by atoms with Crippen LogP contribution in [0.25, 0.3) is 0 Å². The normalized spacial score (nSPS) is 13.3. The van der Waals surface area contributed by atoms with Crippen molar-refractivity contribution in [1.82, 2.24) is 0 Å². The van der Waals surface area contributed by atoms with Gasteiger partial charge in [-0.05, 0) is 18.8 Å². The minimum Gasteiger partial charge on any atom is -0.443 e. The maximum absolute atomic E-state index is 11.5. The summed E-state index contributed by atoms with van der Waals surface area (Å²) in [4.78, 5) is 11.5. The molecule has 0 saturated heterocycles. The summed E-state index contributed by atoms with van der Waals surface area (Å²) < 4.78 is 35.5. The van der Waals surface area contributed by atoms with E-state index in [2.05, 4.69) is 13.8 Å².